The zero-order valence-electron chi connectivity index (χ0n) is 10.1. The Kier molecular flexibility index (Phi) is 5.00. The van der Waals surface area contributed by atoms with Crippen molar-refractivity contribution in [1.29, 1.82) is 0 Å². The van der Waals surface area contributed by atoms with Crippen molar-refractivity contribution in [2.75, 3.05) is 7.05 Å². The van der Waals surface area contributed by atoms with Gasteiger partial charge in [-0.25, -0.2) is 0 Å². The summed E-state index contributed by atoms with van der Waals surface area (Å²) in [5, 5.41) is 2.94. The van der Waals surface area contributed by atoms with Crippen LogP contribution in [0.25, 0.3) is 0 Å². The fraction of sp³-hybridized carbons (Fsp3) is 0.538. The molecular weight excluding hydrogens is 227 g/mol. The molecular formula is C13H18F3N. The van der Waals surface area contributed by atoms with E-state index in [1.54, 1.807) is 7.05 Å². The number of benzene rings is 1. The largest absolute Gasteiger partial charge is 0.389 e. The van der Waals surface area contributed by atoms with Gasteiger partial charge in [0.1, 0.15) is 0 Å². The van der Waals surface area contributed by atoms with Crippen LogP contribution in [-0.2, 0) is 6.42 Å². The van der Waals surface area contributed by atoms with Gasteiger partial charge >= 0.3 is 6.18 Å². The van der Waals surface area contributed by atoms with E-state index in [2.05, 4.69) is 5.32 Å². The number of hydrogen-bond acceptors (Lipinski definition) is 1. The van der Waals surface area contributed by atoms with Crippen LogP contribution in [0.4, 0.5) is 13.2 Å². The van der Waals surface area contributed by atoms with Gasteiger partial charge in [0, 0.05) is 12.5 Å². The lowest BCUT2D eigenvalue weighted by molar-refractivity contribution is -0.136. The van der Waals surface area contributed by atoms with E-state index in [-0.39, 0.29) is 12.5 Å². The summed E-state index contributed by atoms with van der Waals surface area (Å²) in [4.78, 5) is 0. The minimum atomic E-state index is -4.07. The lowest BCUT2D eigenvalue weighted by atomic mass is 10.0. The van der Waals surface area contributed by atoms with E-state index < -0.39 is 12.6 Å². The highest BCUT2D eigenvalue weighted by atomic mass is 19.4. The summed E-state index contributed by atoms with van der Waals surface area (Å²) in [6.45, 7) is 1.99. The predicted octanol–water partition coefficient (Wildman–Crippen LogP) is 3.47. The fourth-order valence-electron chi connectivity index (χ4n) is 1.70. The highest BCUT2D eigenvalue weighted by Gasteiger charge is 2.27. The summed E-state index contributed by atoms with van der Waals surface area (Å²) in [6, 6.07) is 7.76. The second-order valence-electron chi connectivity index (χ2n) is 4.33. The van der Waals surface area contributed by atoms with Gasteiger partial charge in [-0.2, -0.15) is 13.2 Å². The Labute approximate surface area is 100 Å². The molecule has 0 saturated heterocycles. The SMILES string of the molecule is CNC(CCC(F)(F)F)Cc1ccc(C)cc1. The summed E-state index contributed by atoms with van der Waals surface area (Å²) in [6.07, 6.45) is -4.05. The highest BCUT2D eigenvalue weighted by Crippen LogP contribution is 2.23. The molecule has 96 valence electrons. The van der Waals surface area contributed by atoms with Crippen LogP contribution in [0, 0.1) is 6.92 Å². The number of alkyl halides is 3. The molecule has 1 aromatic rings. The van der Waals surface area contributed by atoms with Gasteiger partial charge in [-0.05, 0) is 32.4 Å². The Morgan fingerprint density at radius 2 is 1.76 bits per heavy atom. The van der Waals surface area contributed by atoms with Crippen LogP contribution in [0.5, 0.6) is 0 Å². The molecule has 0 fully saturated rings. The number of nitrogens with one attached hydrogen (secondary N) is 1. The first-order chi connectivity index (χ1) is 7.90. The van der Waals surface area contributed by atoms with Gasteiger partial charge in [0.2, 0.25) is 0 Å². The maximum absolute atomic E-state index is 12.1. The second kappa shape index (κ2) is 6.05. The van der Waals surface area contributed by atoms with Crippen molar-refractivity contribution < 1.29 is 13.2 Å². The van der Waals surface area contributed by atoms with Crippen LogP contribution in [0.1, 0.15) is 24.0 Å². The van der Waals surface area contributed by atoms with E-state index >= 15 is 0 Å². The molecule has 1 rings (SSSR count). The third-order valence-electron chi connectivity index (χ3n) is 2.79. The average Bonchev–Trinajstić information content (AvgIpc) is 2.25. The van der Waals surface area contributed by atoms with E-state index in [1.807, 2.05) is 31.2 Å². The third kappa shape index (κ3) is 5.73. The molecule has 4 heteroatoms. The first-order valence-corrected chi connectivity index (χ1v) is 5.70. The second-order valence-corrected chi connectivity index (χ2v) is 4.33. The quantitative estimate of drug-likeness (QED) is 0.837. The van der Waals surface area contributed by atoms with Crippen LogP contribution in [0.15, 0.2) is 24.3 Å². The highest BCUT2D eigenvalue weighted by molar-refractivity contribution is 5.22. The molecule has 0 radical (unpaired) electrons. The first-order valence-electron chi connectivity index (χ1n) is 5.70. The summed E-state index contributed by atoms with van der Waals surface area (Å²) >= 11 is 0. The molecule has 0 aliphatic carbocycles. The molecule has 1 aromatic carbocycles. The average molecular weight is 245 g/mol. The van der Waals surface area contributed by atoms with E-state index in [0.29, 0.717) is 6.42 Å². The zero-order chi connectivity index (χ0) is 12.9. The molecule has 0 saturated carbocycles. The Bertz CT molecular complexity index is 330. The monoisotopic (exact) mass is 245 g/mol. The zero-order valence-corrected chi connectivity index (χ0v) is 10.1. The van der Waals surface area contributed by atoms with Crippen LogP contribution >= 0.6 is 0 Å². The Morgan fingerprint density at radius 3 is 2.24 bits per heavy atom. The molecule has 0 amide bonds. The standard InChI is InChI=1S/C13H18F3N/c1-10-3-5-11(6-4-10)9-12(17-2)7-8-13(14,15)16/h3-6,12,17H,7-9H2,1-2H3. The Morgan fingerprint density at radius 1 is 1.18 bits per heavy atom. The number of rotatable bonds is 5. The minimum absolute atomic E-state index is 0.119. The fourth-order valence-corrected chi connectivity index (χ4v) is 1.70. The Hall–Kier alpha value is -1.03. The lowest BCUT2D eigenvalue weighted by Gasteiger charge is -2.17. The molecule has 17 heavy (non-hydrogen) atoms. The normalized spacial score (nSPS) is 13.7. The van der Waals surface area contributed by atoms with Crippen LogP contribution in [0.3, 0.4) is 0 Å². The van der Waals surface area contributed by atoms with Gasteiger partial charge in [0.25, 0.3) is 0 Å². The predicted molar refractivity (Wildman–Crippen MR) is 63.0 cm³/mol. The van der Waals surface area contributed by atoms with Gasteiger partial charge in [0.15, 0.2) is 0 Å². The molecule has 0 bridgehead atoms. The van der Waals surface area contributed by atoms with E-state index in [4.69, 9.17) is 0 Å². The van der Waals surface area contributed by atoms with Crippen LogP contribution < -0.4 is 5.32 Å². The molecule has 1 N–H and O–H groups in total. The van der Waals surface area contributed by atoms with Crippen molar-refractivity contribution >= 4 is 0 Å². The van der Waals surface area contributed by atoms with E-state index in [9.17, 15) is 13.2 Å². The summed E-state index contributed by atoms with van der Waals surface area (Å²) in [5.41, 5.74) is 2.22. The van der Waals surface area contributed by atoms with Crippen molar-refractivity contribution in [1.82, 2.24) is 5.32 Å². The molecule has 1 atom stereocenters. The smallest absolute Gasteiger partial charge is 0.317 e. The van der Waals surface area contributed by atoms with Crippen molar-refractivity contribution in [3.8, 4) is 0 Å². The third-order valence-corrected chi connectivity index (χ3v) is 2.79. The number of likely N-dealkylation sites (N-methyl/N-ethyl adjacent to an activating group) is 1. The van der Waals surface area contributed by atoms with Crippen LogP contribution in [0.2, 0.25) is 0 Å². The Balaban J connectivity index is 2.49. The number of aryl methyl sites for hydroxylation is 1. The van der Waals surface area contributed by atoms with E-state index in [1.165, 1.54) is 0 Å². The van der Waals surface area contributed by atoms with Crippen molar-refractivity contribution in [2.24, 2.45) is 0 Å². The van der Waals surface area contributed by atoms with Crippen molar-refractivity contribution in [2.45, 2.75) is 38.4 Å². The molecule has 0 aromatic heterocycles. The van der Waals surface area contributed by atoms with Gasteiger partial charge in [-0.1, -0.05) is 29.8 Å². The summed E-state index contributed by atoms with van der Waals surface area (Å²) in [5.74, 6) is 0. The molecule has 1 unspecified atom stereocenters. The lowest BCUT2D eigenvalue weighted by Crippen LogP contribution is -2.29. The van der Waals surface area contributed by atoms with Crippen molar-refractivity contribution in [3.63, 3.8) is 0 Å². The van der Waals surface area contributed by atoms with Gasteiger partial charge < -0.3 is 5.32 Å². The number of halogens is 3. The minimum Gasteiger partial charge on any atom is -0.317 e. The molecule has 0 spiro atoms. The van der Waals surface area contributed by atoms with Crippen molar-refractivity contribution in [3.05, 3.63) is 35.4 Å². The topological polar surface area (TPSA) is 12.0 Å². The molecule has 0 aliphatic heterocycles. The maximum Gasteiger partial charge on any atom is 0.389 e. The number of hydrogen-bond donors (Lipinski definition) is 1. The van der Waals surface area contributed by atoms with Gasteiger partial charge in [-0.15, -0.1) is 0 Å². The van der Waals surface area contributed by atoms with E-state index in [0.717, 1.165) is 11.1 Å². The molecule has 0 aliphatic rings. The maximum atomic E-state index is 12.1. The summed E-state index contributed by atoms with van der Waals surface area (Å²) in [7, 11) is 1.70. The first kappa shape index (κ1) is 14.0. The van der Waals surface area contributed by atoms with Gasteiger partial charge in [0.05, 0.1) is 0 Å². The summed E-state index contributed by atoms with van der Waals surface area (Å²) < 4.78 is 36.3. The van der Waals surface area contributed by atoms with Gasteiger partial charge in [-0.3, -0.25) is 0 Å². The van der Waals surface area contributed by atoms with Crippen LogP contribution in [-0.4, -0.2) is 19.3 Å². The molecule has 1 nitrogen and oxygen atoms in total. The molecule has 0 heterocycles.